The van der Waals surface area contributed by atoms with Crippen molar-refractivity contribution in [2.45, 2.75) is 0 Å². The van der Waals surface area contributed by atoms with E-state index in [2.05, 4.69) is 4.98 Å². The van der Waals surface area contributed by atoms with Crippen LogP contribution >= 0.6 is 11.6 Å². The molecular formula is C15H7ClF2N2O3. The van der Waals surface area contributed by atoms with E-state index in [1.165, 1.54) is 12.1 Å². The van der Waals surface area contributed by atoms with Crippen LogP contribution in [0.2, 0.25) is 5.15 Å². The van der Waals surface area contributed by atoms with E-state index in [4.69, 9.17) is 16.7 Å². The van der Waals surface area contributed by atoms with E-state index in [-0.39, 0.29) is 21.9 Å². The number of aromatic carboxylic acids is 1. The van der Waals surface area contributed by atoms with Gasteiger partial charge in [0.1, 0.15) is 28.0 Å². The van der Waals surface area contributed by atoms with E-state index in [1.807, 2.05) is 0 Å². The Labute approximate surface area is 132 Å². The molecule has 3 rings (SSSR count). The number of pyridine rings is 2. The number of carboxylic acid groups (broad SMARTS) is 1. The van der Waals surface area contributed by atoms with Crippen LogP contribution in [0, 0.1) is 11.6 Å². The van der Waals surface area contributed by atoms with Crippen molar-refractivity contribution in [2.75, 3.05) is 0 Å². The molecule has 8 heteroatoms. The molecule has 0 radical (unpaired) electrons. The Morgan fingerprint density at radius 1 is 1.22 bits per heavy atom. The lowest BCUT2D eigenvalue weighted by Crippen LogP contribution is -2.19. The minimum atomic E-state index is -1.47. The van der Waals surface area contributed by atoms with Gasteiger partial charge in [-0.15, -0.1) is 0 Å². The number of benzene rings is 1. The lowest BCUT2D eigenvalue weighted by Gasteiger charge is -2.12. The summed E-state index contributed by atoms with van der Waals surface area (Å²) in [7, 11) is 0. The SMILES string of the molecule is O=C(O)c1cn(-c2ccc(F)cc2F)c2nc(Cl)ccc2c1=O. The van der Waals surface area contributed by atoms with Gasteiger partial charge in [0.15, 0.2) is 0 Å². The molecule has 0 saturated carbocycles. The quantitative estimate of drug-likeness (QED) is 0.730. The normalized spacial score (nSPS) is 10.9. The first kappa shape index (κ1) is 15.1. The van der Waals surface area contributed by atoms with Gasteiger partial charge in [0.25, 0.3) is 0 Å². The Bertz CT molecular complexity index is 1020. The molecule has 5 nitrogen and oxygen atoms in total. The molecule has 0 amide bonds. The Morgan fingerprint density at radius 2 is 1.96 bits per heavy atom. The molecule has 2 aromatic heterocycles. The monoisotopic (exact) mass is 336 g/mol. The second-order valence-electron chi connectivity index (χ2n) is 4.65. The zero-order valence-corrected chi connectivity index (χ0v) is 12.0. The third-order valence-electron chi connectivity index (χ3n) is 3.22. The number of fused-ring (bicyclic) bond motifs is 1. The van der Waals surface area contributed by atoms with Crippen molar-refractivity contribution in [2.24, 2.45) is 0 Å². The van der Waals surface area contributed by atoms with Crippen molar-refractivity contribution in [3.63, 3.8) is 0 Å². The summed E-state index contributed by atoms with van der Waals surface area (Å²) in [5.74, 6) is -3.20. The van der Waals surface area contributed by atoms with Crippen molar-refractivity contribution in [3.05, 3.63) is 69.1 Å². The molecule has 0 aliphatic rings. The molecule has 116 valence electrons. The third kappa shape index (κ3) is 2.55. The van der Waals surface area contributed by atoms with Crippen molar-refractivity contribution in [3.8, 4) is 5.69 Å². The molecule has 1 aromatic carbocycles. The van der Waals surface area contributed by atoms with Crippen LogP contribution in [0.5, 0.6) is 0 Å². The highest BCUT2D eigenvalue weighted by Gasteiger charge is 2.18. The van der Waals surface area contributed by atoms with E-state index in [0.29, 0.717) is 6.07 Å². The smallest absolute Gasteiger partial charge is 0.341 e. The van der Waals surface area contributed by atoms with Crippen molar-refractivity contribution in [1.29, 1.82) is 0 Å². The summed E-state index contributed by atoms with van der Waals surface area (Å²) in [6, 6.07) is 5.39. The number of nitrogens with zero attached hydrogens (tertiary/aromatic N) is 2. The second-order valence-corrected chi connectivity index (χ2v) is 5.04. The molecule has 3 aromatic rings. The largest absolute Gasteiger partial charge is 0.477 e. The molecule has 0 bridgehead atoms. The van der Waals surface area contributed by atoms with Crippen LogP contribution in [0.15, 0.2) is 41.3 Å². The molecule has 0 saturated heterocycles. The molecule has 0 aliphatic heterocycles. The van der Waals surface area contributed by atoms with Crippen molar-refractivity contribution < 1.29 is 18.7 Å². The summed E-state index contributed by atoms with van der Waals surface area (Å²) in [6.07, 6.45) is 0.937. The van der Waals surface area contributed by atoms with Crippen LogP contribution in [-0.4, -0.2) is 20.6 Å². The Balaban J connectivity index is 2.48. The van der Waals surface area contributed by atoms with Crippen LogP contribution in [0.4, 0.5) is 8.78 Å². The minimum Gasteiger partial charge on any atom is -0.477 e. The van der Waals surface area contributed by atoms with Gasteiger partial charge in [0.05, 0.1) is 11.1 Å². The standard InChI is InChI=1S/C15H7ClF2N2O3/c16-12-4-2-8-13(21)9(15(22)23)6-20(14(8)19-12)11-3-1-7(17)5-10(11)18/h1-6H,(H,22,23). The fourth-order valence-corrected chi connectivity index (χ4v) is 2.34. The van der Waals surface area contributed by atoms with Gasteiger partial charge in [-0.3, -0.25) is 9.36 Å². The van der Waals surface area contributed by atoms with Crippen LogP contribution in [0.3, 0.4) is 0 Å². The molecule has 0 fully saturated rings. The number of halogens is 3. The average Bonchev–Trinajstić information content (AvgIpc) is 2.48. The first-order valence-corrected chi connectivity index (χ1v) is 6.67. The maximum absolute atomic E-state index is 14.1. The van der Waals surface area contributed by atoms with Crippen molar-refractivity contribution in [1.82, 2.24) is 9.55 Å². The van der Waals surface area contributed by atoms with Gasteiger partial charge < -0.3 is 5.11 Å². The molecule has 2 heterocycles. The summed E-state index contributed by atoms with van der Waals surface area (Å²) in [5, 5.41) is 9.15. The van der Waals surface area contributed by atoms with E-state index in [9.17, 15) is 18.4 Å². The van der Waals surface area contributed by atoms with Crippen LogP contribution in [0.25, 0.3) is 16.7 Å². The van der Waals surface area contributed by atoms with Crippen LogP contribution in [-0.2, 0) is 0 Å². The Kier molecular flexibility index (Phi) is 3.57. The van der Waals surface area contributed by atoms with E-state index in [0.717, 1.165) is 22.9 Å². The molecule has 1 N–H and O–H groups in total. The highest BCUT2D eigenvalue weighted by atomic mass is 35.5. The fourth-order valence-electron chi connectivity index (χ4n) is 2.19. The molecule has 23 heavy (non-hydrogen) atoms. The molecule has 0 atom stereocenters. The predicted molar refractivity (Wildman–Crippen MR) is 79.2 cm³/mol. The minimum absolute atomic E-state index is 0.0296. The summed E-state index contributed by atoms with van der Waals surface area (Å²) in [5.41, 5.74) is -1.52. The van der Waals surface area contributed by atoms with Gasteiger partial charge >= 0.3 is 5.97 Å². The van der Waals surface area contributed by atoms with Gasteiger partial charge in [-0.05, 0) is 24.3 Å². The maximum atomic E-state index is 14.1. The second kappa shape index (κ2) is 5.44. The van der Waals surface area contributed by atoms with Gasteiger partial charge in [-0.1, -0.05) is 11.6 Å². The number of hydrogen-bond acceptors (Lipinski definition) is 3. The number of rotatable bonds is 2. The third-order valence-corrected chi connectivity index (χ3v) is 3.43. The van der Waals surface area contributed by atoms with Crippen LogP contribution in [0.1, 0.15) is 10.4 Å². The highest BCUT2D eigenvalue weighted by Crippen LogP contribution is 2.21. The summed E-state index contributed by atoms with van der Waals surface area (Å²) in [4.78, 5) is 27.4. The highest BCUT2D eigenvalue weighted by molar-refractivity contribution is 6.29. The van der Waals surface area contributed by atoms with Crippen molar-refractivity contribution >= 4 is 28.6 Å². The predicted octanol–water partition coefficient (Wildman–Crippen LogP) is 3.02. The summed E-state index contributed by atoms with van der Waals surface area (Å²) < 4.78 is 28.2. The Hall–Kier alpha value is -2.80. The Morgan fingerprint density at radius 3 is 2.61 bits per heavy atom. The molecule has 0 aliphatic carbocycles. The fraction of sp³-hybridized carbons (Fsp3) is 0. The zero-order chi connectivity index (χ0) is 16.7. The molecular weight excluding hydrogens is 330 g/mol. The number of carboxylic acids is 1. The topological polar surface area (TPSA) is 72.2 Å². The lowest BCUT2D eigenvalue weighted by atomic mass is 10.2. The molecule has 0 spiro atoms. The molecule has 0 unspecified atom stereocenters. The maximum Gasteiger partial charge on any atom is 0.341 e. The zero-order valence-electron chi connectivity index (χ0n) is 11.3. The number of aromatic nitrogens is 2. The first-order valence-electron chi connectivity index (χ1n) is 6.29. The number of hydrogen-bond donors (Lipinski definition) is 1. The number of carbonyl (C=O) groups is 1. The first-order chi connectivity index (χ1) is 10.9. The lowest BCUT2D eigenvalue weighted by molar-refractivity contribution is 0.0695. The van der Waals surface area contributed by atoms with Gasteiger partial charge in [0.2, 0.25) is 5.43 Å². The summed E-state index contributed by atoms with van der Waals surface area (Å²) >= 11 is 5.80. The van der Waals surface area contributed by atoms with Crippen LogP contribution < -0.4 is 5.43 Å². The van der Waals surface area contributed by atoms with Gasteiger partial charge in [0, 0.05) is 12.3 Å². The van der Waals surface area contributed by atoms with Gasteiger partial charge in [-0.25, -0.2) is 18.6 Å². The average molecular weight is 337 g/mol. The van der Waals surface area contributed by atoms with E-state index >= 15 is 0 Å². The van der Waals surface area contributed by atoms with E-state index < -0.39 is 28.6 Å². The summed E-state index contributed by atoms with van der Waals surface area (Å²) in [6.45, 7) is 0. The van der Waals surface area contributed by atoms with E-state index in [1.54, 1.807) is 0 Å². The van der Waals surface area contributed by atoms with Gasteiger partial charge in [-0.2, -0.15) is 0 Å².